The minimum Gasteiger partial charge on any atom is -0.483 e. The number of benzene rings is 2. The summed E-state index contributed by atoms with van der Waals surface area (Å²) in [6.45, 7) is 0.294. The van der Waals surface area contributed by atoms with E-state index in [1.54, 1.807) is 24.3 Å². The maximum absolute atomic E-state index is 6.14. The molecule has 1 unspecified atom stereocenters. The largest absolute Gasteiger partial charge is 0.483 e. The summed E-state index contributed by atoms with van der Waals surface area (Å²) in [6, 6.07) is 12.5. The second-order valence-electron chi connectivity index (χ2n) is 3.94. The first-order chi connectivity index (χ1) is 9.11. The monoisotopic (exact) mass is 315 g/mol. The lowest BCUT2D eigenvalue weighted by Crippen LogP contribution is -2.19. The molecule has 0 aliphatic carbocycles. The van der Waals surface area contributed by atoms with Crippen molar-refractivity contribution in [2.45, 2.75) is 6.10 Å². The number of nitrogens with two attached hydrogens (primary N) is 1. The molecule has 0 radical (unpaired) electrons. The minimum absolute atomic E-state index is 0.294. The number of ether oxygens (including phenoxy) is 1. The van der Waals surface area contributed by atoms with E-state index in [9.17, 15) is 0 Å². The Morgan fingerprint density at radius 1 is 1.00 bits per heavy atom. The van der Waals surface area contributed by atoms with E-state index < -0.39 is 0 Å². The van der Waals surface area contributed by atoms with Crippen molar-refractivity contribution >= 4 is 34.8 Å². The van der Waals surface area contributed by atoms with E-state index in [0.717, 1.165) is 5.56 Å². The zero-order valence-electron chi connectivity index (χ0n) is 9.95. The third kappa shape index (κ3) is 3.54. The highest BCUT2D eigenvalue weighted by atomic mass is 35.5. The molecule has 0 aliphatic heterocycles. The van der Waals surface area contributed by atoms with Crippen LogP contribution in [0.1, 0.15) is 11.7 Å². The molecule has 2 N–H and O–H groups in total. The minimum atomic E-state index is -0.354. The third-order valence-electron chi connectivity index (χ3n) is 2.63. The standard InChI is InChI=1S/C14H12Cl3NO/c15-9-5-6-13(12(17)7-9)19-14(8-18)10-3-1-2-4-11(10)16/h1-7,14H,8,18H2. The average molecular weight is 317 g/mol. The summed E-state index contributed by atoms with van der Waals surface area (Å²) >= 11 is 18.1. The lowest BCUT2D eigenvalue weighted by Gasteiger charge is -2.19. The number of hydrogen-bond donors (Lipinski definition) is 1. The predicted octanol–water partition coefficient (Wildman–Crippen LogP) is 4.73. The van der Waals surface area contributed by atoms with E-state index in [-0.39, 0.29) is 6.10 Å². The Hall–Kier alpha value is -0.930. The van der Waals surface area contributed by atoms with Gasteiger partial charge in [0.25, 0.3) is 0 Å². The molecule has 5 heteroatoms. The van der Waals surface area contributed by atoms with Gasteiger partial charge in [-0.25, -0.2) is 0 Å². The molecule has 0 saturated carbocycles. The van der Waals surface area contributed by atoms with Crippen LogP contribution >= 0.6 is 34.8 Å². The zero-order chi connectivity index (χ0) is 13.8. The first-order valence-electron chi connectivity index (χ1n) is 5.68. The molecule has 2 rings (SSSR count). The molecule has 0 heterocycles. The van der Waals surface area contributed by atoms with Crippen LogP contribution in [0.25, 0.3) is 0 Å². The first-order valence-corrected chi connectivity index (χ1v) is 6.81. The summed E-state index contributed by atoms with van der Waals surface area (Å²) in [7, 11) is 0. The van der Waals surface area contributed by atoms with E-state index in [2.05, 4.69) is 0 Å². The Balaban J connectivity index is 2.27. The van der Waals surface area contributed by atoms with Crippen molar-refractivity contribution in [2.75, 3.05) is 6.54 Å². The van der Waals surface area contributed by atoms with Gasteiger partial charge in [-0.2, -0.15) is 0 Å². The van der Waals surface area contributed by atoms with Crippen LogP contribution < -0.4 is 10.5 Å². The topological polar surface area (TPSA) is 35.2 Å². The Morgan fingerprint density at radius 2 is 1.74 bits per heavy atom. The zero-order valence-corrected chi connectivity index (χ0v) is 12.2. The van der Waals surface area contributed by atoms with E-state index >= 15 is 0 Å². The van der Waals surface area contributed by atoms with Crippen LogP contribution in [0.3, 0.4) is 0 Å². The fraction of sp³-hybridized carbons (Fsp3) is 0.143. The molecule has 0 saturated heterocycles. The fourth-order valence-corrected chi connectivity index (χ4v) is 2.41. The number of rotatable bonds is 4. The molecule has 2 nitrogen and oxygen atoms in total. The maximum atomic E-state index is 6.14. The summed E-state index contributed by atoms with van der Waals surface area (Å²) in [5.74, 6) is 0.529. The van der Waals surface area contributed by atoms with Gasteiger partial charge >= 0.3 is 0 Å². The highest BCUT2D eigenvalue weighted by Gasteiger charge is 2.16. The van der Waals surface area contributed by atoms with E-state index in [0.29, 0.717) is 27.4 Å². The fourth-order valence-electron chi connectivity index (χ4n) is 1.70. The van der Waals surface area contributed by atoms with Gasteiger partial charge in [0.1, 0.15) is 11.9 Å². The quantitative estimate of drug-likeness (QED) is 0.885. The van der Waals surface area contributed by atoms with Crippen LogP contribution in [0.2, 0.25) is 15.1 Å². The Labute approximate surface area is 127 Å². The Kier molecular flexibility index (Phi) is 4.94. The van der Waals surface area contributed by atoms with Crippen LogP contribution in [-0.2, 0) is 0 Å². The van der Waals surface area contributed by atoms with Crippen molar-refractivity contribution < 1.29 is 4.74 Å². The molecule has 0 amide bonds. The van der Waals surface area contributed by atoms with Gasteiger partial charge in [-0.1, -0.05) is 53.0 Å². The molecular weight excluding hydrogens is 305 g/mol. The summed E-state index contributed by atoms with van der Waals surface area (Å²) in [5.41, 5.74) is 6.58. The van der Waals surface area contributed by atoms with Gasteiger partial charge < -0.3 is 10.5 Å². The molecule has 100 valence electrons. The van der Waals surface area contributed by atoms with Gasteiger partial charge in [0.15, 0.2) is 0 Å². The van der Waals surface area contributed by atoms with Gasteiger partial charge in [-0.05, 0) is 24.3 Å². The van der Waals surface area contributed by atoms with Crippen molar-refractivity contribution in [1.82, 2.24) is 0 Å². The lowest BCUT2D eigenvalue weighted by atomic mass is 10.1. The number of halogens is 3. The van der Waals surface area contributed by atoms with Crippen LogP contribution in [0.5, 0.6) is 5.75 Å². The van der Waals surface area contributed by atoms with Gasteiger partial charge in [0, 0.05) is 22.2 Å². The number of hydrogen-bond acceptors (Lipinski definition) is 2. The SMILES string of the molecule is NCC(Oc1ccc(Cl)cc1Cl)c1ccccc1Cl. The first kappa shape index (κ1) is 14.5. The van der Waals surface area contributed by atoms with Gasteiger partial charge in [0.05, 0.1) is 5.02 Å². The van der Waals surface area contributed by atoms with Crippen LogP contribution in [0.4, 0.5) is 0 Å². The van der Waals surface area contributed by atoms with Crippen LogP contribution in [0, 0.1) is 0 Å². The van der Waals surface area contributed by atoms with Gasteiger partial charge in [-0.15, -0.1) is 0 Å². The molecule has 2 aromatic carbocycles. The van der Waals surface area contributed by atoms with E-state index in [4.69, 9.17) is 45.3 Å². The van der Waals surface area contributed by atoms with Crippen molar-refractivity contribution in [3.63, 3.8) is 0 Å². The molecule has 0 fully saturated rings. The van der Waals surface area contributed by atoms with Crippen LogP contribution in [-0.4, -0.2) is 6.54 Å². The molecule has 1 atom stereocenters. The Morgan fingerprint density at radius 3 is 2.37 bits per heavy atom. The second kappa shape index (κ2) is 6.49. The highest BCUT2D eigenvalue weighted by Crippen LogP contribution is 2.32. The van der Waals surface area contributed by atoms with Crippen LogP contribution in [0.15, 0.2) is 42.5 Å². The molecule has 0 aromatic heterocycles. The third-order valence-corrected chi connectivity index (χ3v) is 3.50. The van der Waals surface area contributed by atoms with E-state index in [1.165, 1.54) is 0 Å². The summed E-state index contributed by atoms with van der Waals surface area (Å²) in [5, 5.41) is 1.61. The van der Waals surface area contributed by atoms with Gasteiger partial charge in [-0.3, -0.25) is 0 Å². The maximum Gasteiger partial charge on any atom is 0.139 e. The normalized spacial score (nSPS) is 12.2. The van der Waals surface area contributed by atoms with Crippen molar-refractivity contribution in [3.05, 3.63) is 63.1 Å². The highest BCUT2D eigenvalue weighted by molar-refractivity contribution is 6.35. The molecular formula is C14H12Cl3NO. The van der Waals surface area contributed by atoms with Crippen molar-refractivity contribution in [3.8, 4) is 5.75 Å². The summed E-state index contributed by atoms with van der Waals surface area (Å²) in [6.07, 6.45) is -0.354. The predicted molar refractivity (Wildman–Crippen MR) is 80.3 cm³/mol. The molecule has 2 aromatic rings. The molecule has 0 bridgehead atoms. The summed E-state index contributed by atoms with van der Waals surface area (Å²) in [4.78, 5) is 0. The molecule has 0 spiro atoms. The smallest absolute Gasteiger partial charge is 0.139 e. The molecule has 0 aliphatic rings. The summed E-state index contributed by atoms with van der Waals surface area (Å²) < 4.78 is 5.82. The second-order valence-corrected chi connectivity index (χ2v) is 5.19. The van der Waals surface area contributed by atoms with Crippen molar-refractivity contribution in [2.24, 2.45) is 5.73 Å². The van der Waals surface area contributed by atoms with E-state index in [1.807, 2.05) is 18.2 Å². The van der Waals surface area contributed by atoms with Crippen molar-refractivity contribution in [1.29, 1.82) is 0 Å². The Bertz CT molecular complexity index is 574. The lowest BCUT2D eigenvalue weighted by molar-refractivity contribution is 0.214. The molecule has 19 heavy (non-hydrogen) atoms. The average Bonchev–Trinajstić information content (AvgIpc) is 2.39. The van der Waals surface area contributed by atoms with Gasteiger partial charge in [0.2, 0.25) is 0 Å².